The van der Waals surface area contributed by atoms with Gasteiger partial charge < -0.3 is 4.90 Å². The van der Waals surface area contributed by atoms with Crippen molar-refractivity contribution in [3.05, 3.63) is 34.3 Å². The fraction of sp³-hybridized carbons (Fsp3) is 0.533. The number of Topliss-reactive ketones (excluding diaryl/α,β-unsaturated/α-hetero) is 1. The van der Waals surface area contributed by atoms with Crippen LogP contribution in [0.5, 0.6) is 0 Å². The Balaban J connectivity index is 1.83. The molecule has 0 unspecified atom stereocenters. The van der Waals surface area contributed by atoms with Crippen LogP contribution in [0.1, 0.15) is 31.2 Å². The van der Waals surface area contributed by atoms with E-state index in [0.717, 1.165) is 38.6 Å². The monoisotopic (exact) mass is 309 g/mol. The minimum atomic E-state index is 0.436. The van der Waals surface area contributed by atoms with E-state index < -0.39 is 0 Å². The molecule has 0 aliphatic heterocycles. The number of carbonyl (C=O) groups is 1. The lowest BCUT2D eigenvalue weighted by Crippen LogP contribution is -2.36. The zero-order valence-electron chi connectivity index (χ0n) is 10.9. The highest BCUT2D eigenvalue weighted by Gasteiger charge is 2.21. The van der Waals surface area contributed by atoms with Gasteiger partial charge in [-0.15, -0.1) is 0 Å². The van der Waals surface area contributed by atoms with Gasteiger partial charge >= 0.3 is 0 Å². The van der Waals surface area contributed by atoms with E-state index in [1.807, 2.05) is 6.07 Å². The van der Waals surface area contributed by atoms with Crippen molar-refractivity contribution in [2.24, 2.45) is 0 Å². The lowest BCUT2D eigenvalue weighted by molar-refractivity contribution is -0.121. The number of ketones is 1. The summed E-state index contributed by atoms with van der Waals surface area (Å²) < 4.78 is 1.19. The van der Waals surface area contributed by atoms with Crippen LogP contribution in [0.2, 0.25) is 0 Å². The molecule has 0 radical (unpaired) electrons. The Labute approximate surface area is 117 Å². The molecule has 1 saturated carbocycles. The number of benzene rings is 1. The minimum absolute atomic E-state index is 0.436. The predicted molar refractivity (Wildman–Crippen MR) is 77.7 cm³/mol. The van der Waals surface area contributed by atoms with Gasteiger partial charge in [-0.25, -0.2) is 0 Å². The first kappa shape index (κ1) is 13.8. The summed E-state index contributed by atoms with van der Waals surface area (Å²) in [5, 5.41) is 0. The summed E-state index contributed by atoms with van der Waals surface area (Å²) in [5.74, 6) is 0.436. The molecule has 0 spiro atoms. The molecule has 0 amide bonds. The molecule has 0 saturated heterocycles. The van der Waals surface area contributed by atoms with Crippen molar-refractivity contribution in [3.63, 3.8) is 0 Å². The Hall–Kier alpha value is -0.670. The quantitative estimate of drug-likeness (QED) is 0.849. The van der Waals surface area contributed by atoms with E-state index in [1.54, 1.807) is 0 Å². The number of likely N-dealkylation sites (N-methyl/N-ethyl adjacent to an activating group) is 1. The van der Waals surface area contributed by atoms with E-state index in [1.165, 1.54) is 10.0 Å². The van der Waals surface area contributed by atoms with E-state index in [4.69, 9.17) is 0 Å². The normalized spacial score (nSPS) is 17.4. The summed E-state index contributed by atoms with van der Waals surface area (Å²) in [6.45, 7) is 1.06. The average molecular weight is 310 g/mol. The second-order valence-electron chi connectivity index (χ2n) is 5.09. The van der Waals surface area contributed by atoms with E-state index in [9.17, 15) is 4.79 Å². The Morgan fingerprint density at radius 1 is 1.28 bits per heavy atom. The molecule has 2 nitrogen and oxygen atoms in total. The van der Waals surface area contributed by atoms with Gasteiger partial charge in [-0.05, 0) is 37.9 Å². The smallest absolute Gasteiger partial charge is 0.133 e. The molecule has 1 aliphatic carbocycles. The number of carbonyl (C=O) groups excluding carboxylic acids is 1. The van der Waals surface area contributed by atoms with E-state index in [2.05, 4.69) is 46.1 Å². The Kier molecular flexibility index (Phi) is 4.95. The molecule has 3 heteroatoms. The Bertz CT molecular complexity index is 409. The van der Waals surface area contributed by atoms with Crippen molar-refractivity contribution in [3.8, 4) is 0 Å². The van der Waals surface area contributed by atoms with Crippen LogP contribution < -0.4 is 0 Å². The van der Waals surface area contributed by atoms with Crippen molar-refractivity contribution < 1.29 is 4.79 Å². The van der Waals surface area contributed by atoms with E-state index in [-0.39, 0.29) is 0 Å². The van der Waals surface area contributed by atoms with Gasteiger partial charge in [0.25, 0.3) is 0 Å². The highest BCUT2D eigenvalue weighted by atomic mass is 79.9. The molecule has 0 atom stereocenters. The number of hydrogen-bond acceptors (Lipinski definition) is 2. The average Bonchev–Trinajstić information content (AvgIpc) is 2.38. The molecular weight excluding hydrogens is 290 g/mol. The standard InChI is InChI=1S/C15H20BrNO/c1-17(13-6-8-14(18)9-7-13)11-10-12-4-2-3-5-15(12)16/h2-5,13H,6-11H2,1H3. The SMILES string of the molecule is CN(CCc1ccccc1Br)C1CCC(=O)CC1. The number of rotatable bonds is 4. The molecule has 98 valence electrons. The van der Waals surface area contributed by atoms with Crippen LogP contribution in [0, 0.1) is 0 Å². The molecule has 18 heavy (non-hydrogen) atoms. The summed E-state index contributed by atoms with van der Waals surface area (Å²) >= 11 is 3.59. The second kappa shape index (κ2) is 6.48. The third kappa shape index (κ3) is 3.66. The maximum absolute atomic E-state index is 11.2. The maximum atomic E-state index is 11.2. The highest BCUT2D eigenvalue weighted by molar-refractivity contribution is 9.10. The summed E-state index contributed by atoms with van der Waals surface area (Å²) in [4.78, 5) is 13.6. The van der Waals surface area contributed by atoms with Gasteiger partial charge in [0.2, 0.25) is 0 Å². The Morgan fingerprint density at radius 3 is 2.61 bits per heavy atom. The van der Waals surface area contributed by atoms with Crippen LogP contribution in [0.3, 0.4) is 0 Å². The van der Waals surface area contributed by atoms with Crippen LogP contribution in [0.25, 0.3) is 0 Å². The number of hydrogen-bond donors (Lipinski definition) is 0. The van der Waals surface area contributed by atoms with Gasteiger partial charge in [-0.3, -0.25) is 4.79 Å². The van der Waals surface area contributed by atoms with Crippen molar-refractivity contribution in [2.45, 2.75) is 38.1 Å². The molecular formula is C15H20BrNO. The highest BCUT2D eigenvalue weighted by Crippen LogP contribution is 2.21. The molecule has 1 aliphatic rings. The zero-order chi connectivity index (χ0) is 13.0. The molecule has 0 N–H and O–H groups in total. The minimum Gasteiger partial charge on any atom is -0.303 e. The van der Waals surface area contributed by atoms with Gasteiger partial charge in [0.05, 0.1) is 0 Å². The largest absolute Gasteiger partial charge is 0.303 e. The van der Waals surface area contributed by atoms with Crippen LogP contribution in [0.15, 0.2) is 28.7 Å². The predicted octanol–water partition coefficient (Wildman–Crippen LogP) is 3.44. The van der Waals surface area contributed by atoms with E-state index >= 15 is 0 Å². The lowest BCUT2D eigenvalue weighted by atomic mass is 9.93. The second-order valence-corrected chi connectivity index (χ2v) is 5.95. The van der Waals surface area contributed by atoms with Gasteiger partial charge in [-0.2, -0.15) is 0 Å². The van der Waals surface area contributed by atoms with Crippen molar-refractivity contribution in [1.82, 2.24) is 4.90 Å². The van der Waals surface area contributed by atoms with Gasteiger partial charge in [-0.1, -0.05) is 34.1 Å². The van der Waals surface area contributed by atoms with Crippen LogP contribution in [-0.4, -0.2) is 30.3 Å². The first-order valence-corrected chi connectivity index (χ1v) is 7.41. The third-order valence-corrected chi connectivity index (χ3v) is 4.60. The summed E-state index contributed by atoms with van der Waals surface area (Å²) in [7, 11) is 2.18. The first-order valence-electron chi connectivity index (χ1n) is 6.62. The molecule has 0 bridgehead atoms. The molecule has 1 aromatic carbocycles. The Morgan fingerprint density at radius 2 is 1.94 bits per heavy atom. The van der Waals surface area contributed by atoms with Crippen LogP contribution >= 0.6 is 15.9 Å². The van der Waals surface area contributed by atoms with Crippen molar-refractivity contribution in [2.75, 3.05) is 13.6 Å². The van der Waals surface area contributed by atoms with Crippen molar-refractivity contribution in [1.29, 1.82) is 0 Å². The fourth-order valence-electron chi connectivity index (χ4n) is 2.55. The van der Waals surface area contributed by atoms with Crippen molar-refractivity contribution >= 4 is 21.7 Å². The third-order valence-electron chi connectivity index (χ3n) is 3.83. The maximum Gasteiger partial charge on any atom is 0.133 e. The number of nitrogens with zero attached hydrogens (tertiary/aromatic N) is 1. The van der Waals surface area contributed by atoms with Gasteiger partial charge in [0, 0.05) is 29.9 Å². The zero-order valence-corrected chi connectivity index (χ0v) is 12.4. The molecule has 2 rings (SSSR count). The molecule has 0 heterocycles. The summed E-state index contributed by atoms with van der Waals surface area (Å²) in [6, 6.07) is 8.98. The lowest BCUT2D eigenvalue weighted by Gasteiger charge is -2.30. The summed E-state index contributed by atoms with van der Waals surface area (Å²) in [5.41, 5.74) is 1.36. The number of halogens is 1. The summed E-state index contributed by atoms with van der Waals surface area (Å²) in [6.07, 6.45) is 4.66. The molecule has 0 aromatic heterocycles. The molecule has 1 fully saturated rings. The van der Waals surface area contributed by atoms with Crippen LogP contribution in [0.4, 0.5) is 0 Å². The molecule has 1 aromatic rings. The fourth-order valence-corrected chi connectivity index (χ4v) is 3.03. The van der Waals surface area contributed by atoms with E-state index in [0.29, 0.717) is 11.8 Å². The van der Waals surface area contributed by atoms with Crippen LogP contribution in [-0.2, 0) is 11.2 Å². The van der Waals surface area contributed by atoms with Gasteiger partial charge in [0.1, 0.15) is 5.78 Å². The first-order chi connectivity index (χ1) is 8.66. The van der Waals surface area contributed by atoms with Gasteiger partial charge in [0.15, 0.2) is 0 Å². The topological polar surface area (TPSA) is 20.3 Å².